The summed E-state index contributed by atoms with van der Waals surface area (Å²) in [6, 6.07) is 0. The molecule has 0 radical (unpaired) electrons. The van der Waals surface area contributed by atoms with E-state index in [0.717, 1.165) is 7.11 Å². The molecular weight excluding hydrogens is 144 g/mol. The minimum absolute atomic E-state index is 0.676. The fourth-order valence-corrected chi connectivity index (χ4v) is 0.273. The van der Waals surface area contributed by atoms with Crippen LogP contribution in [0.25, 0.3) is 0 Å². The van der Waals surface area contributed by atoms with Crippen LogP contribution in [0.2, 0.25) is 0 Å². The molecule has 58 valence electrons. The van der Waals surface area contributed by atoms with E-state index in [9.17, 15) is 9.59 Å². The van der Waals surface area contributed by atoms with Crippen molar-refractivity contribution in [2.45, 2.75) is 6.42 Å². The molecule has 0 atom stereocenters. The van der Waals surface area contributed by atoms with Gasteiger partial charge in [0.2, 0.25) is 0 Å². The summed E-state index contributed by atoms with van der Waals surface area (Å²) in [7, 11) is 1.11. The van der Waals surface area contributed by atoms with Crippen LogP contribution in [-0.4, -0.2) is 24.3 Å². The lowest BCUT2D eigenvalue weighted by atomic mass is 10.5. The minimum Gasteiger partial charge on any atom is -0.300 e. The van der Waals surface area contributed by atoms with Crippen LogP contribution in [0.1, 0.15) is 6.42 Å². The summed E-state index contributed by atoms with van der Waals surface area (Å²) in [6.07, 6.45) is -0.676. The molecule has 0 fully saturated rings. The topological polar surface area (TPSA) is 82.1 Å². The van der Waals surface area contributed by atoms with Crippen molar-refractivity contribution in [2.75, 3.05) is 7.11 Å². The third kappa shape index (κ3) is 3.81. The Balaban J connectivity index is 3.47. The average Bonchev–Trinajstić information content (AvgIpc) is 1.88. The maximum Gasteiger partial charge on any atom is 0.353 e. The Morgan fingerprint density at radius 2 is 2.00 bits per heavy atom. The molecule has 1 N–H and O–H groups in total. The predicted molar refractivity (Wildman–Crippen MR) is 26.4 cm³/mol. The predicted octanol–water partition coefficient (Wildman–Crippen LogP) is -0.503. The molecule has 6 heteroatoms. The molecule has 0 aliphatic carbocycles. The van der Waals surface area contributed by atoms with Gasteiger partial charge in [0.25, 0.3) is 0 Å². The number of carbonyl (C=O) groups excluding carboxylic acids is 2. The molecule has 0 aromatic rings. The molecule has 0 aliphatic rings. The molecule has 0 bridgehead atoms. The quantitative estimate of drug-likeness (QED) is 0.331. The van der Waals surface area contributed by atoms with Crippen LogP contribution in [0.4, 0.5) is 0 Å². The van der Waals surface area contributed by atoms with Gasteiger partial charge in [-0.3, -0.25) is 4.89 Å². The van der Waals surface area contributed by atoms with Gasteiger partial charge in [-0.2, -0.15) is 10.1 Å². The van der Waals surface area contributed by atoms with Crippen LogP contribution in [0.15, 0.2) is 0 Å². The van der Waals surface area contributed by atoms with Crippen molar-refractivity contribution in [3.05, 3.63) is 0 Å². The fourth-order valence-electron chi connectivity index (χ4n) is 0.273. The van der Waals surface area contributed by atoms with E-state index >= 15 is 0 Å². The van der Waals surface area contributed by atoms with Crippen LogP contribution in [-0.2, 0) is 24.3 Å². The van der Waals surface area contributed by atoms with E-state index in [-0.39, 0.29) is 0 Å². The largest absolute Gasteiger partial charge is 0.353 e. The van der Waals surface area contributed by atoms with Gasteiger partial charge in [0.05, 0.1) is 7.11 Å². The van der Waals surface area contributed by atoms with E-state index < -0.39 is 18.4 Å². The Hall–Kier alpha value is -1.14. The summed E-state index contributed by atoms with van der Waals surface area (Å²) in [5, 5.41) is 7.65. The highest BCUT2D eigenvalue weighted by Crippen LogP contribution is 1.87. The van der Waals surface area contributed by atoms with Crippen LogP contribution in [0.3, 0.4) is 0 Å². The van der Waals surface area contributed by atoms with Crippen molar-refractivity contribution >= 4 is 11.9 Å². The van der Waals surface area contributed by atoms with Gasteiger partial charge in [-0.05, 0) is 0 Å². The maximum atomic E-state index is 10.3. The molecule has 0 aliphatic heterocycles. The summed E-state index contributed by atoms with van der Waals surface area (Å²) in [5.74, 6) is -2.02. The summed E-state index contributed by atoms with van der Waals surface area (Å²) in [4.78, 5) is 31.3. The van der Waals surface area contributed by atoms with Crippen LogP contribution < -0.4 is 0 Å². The van der Waals surface area contributed by atoms with Crippen LogP contribution >= 0.6 is 0 Å². The van der Waals surface area contributed by atoms with Crippen molar-refractivity contribution in [1.82, 2.24) is 0 Å². The molecular formula is C4H6O6. The number of rotatable bonds is 3. The first-order chi connectivity index (χ1) is 4.70. The summed E-state index contributed by atoms with van der Waals surface area (Å²) in [5.41, 5.74) is 0. The highest BCUT2D eigenvalue weighted by atomic mass is 17.2. The standard InChI is InChI=1S/C4H6O6/c1-8-10-4(6)2-3(5)9-7/h7H,2H2,1H3. The molecule has 0 unspecified atom stereocenters. The normalized spacial score (nSPS) is 8.60. The van der Waals surface area contributed by atoms with Gasteiger partial charge >= 0.3 is 11.9 Å². The Kier molecular flexibility index (Phi) is 4.17. The molecule has 0 saturated carbocycles. The van der Waals surface area contributed by atoms with Crippen LogP contribution in [0, 0.1) is 0 Å². The van der Waals surface area contributed by atoms with Crippen molar-refractivity contribution < 1.29 is 29.5 Å². The zero-order valence-corrected chi connectivity index (χ0v) is 5.20. The highest BCUT2D eigenvalue weighted by Gasteiger charge is 2.11. The van der Waals surface area contributed by atoms with Gasteiger partial charge in [-0.15, -0.1) is 0 Å². The van der Waals surface area contributed by atoms with E-state index in [1.165, 1.54) is 0 Å². The molecule has 0 heterocycles. The smallest absolute Gasteiger partial charge is 0.300 e. The second-order valence-electron chi connectivity index (χ2n) is 1.26. The Morgan fingerprint density at radius 3 is 2.40 bits per heavy atom. The van der Waals surface area contributed by atoms with Crippen molar-refractivity contribution in [1.29, 1.82) is 0 Å². The summed E-state index contributed by atoms with van der Waals surface area (Å²) >= 11 is 0. The van der Waals surface area contributed by atoms with E-state index in [1.807, 2.05) is 0 Å². The lowest BCUT2D eigenvalue weighted by molar-refractivity contribution is -0.260. The SMILES string of the molecule is COOC(=O)CC(=O)OO. The molecule has 0 rings (SSSR count). The van der Waals surface area contributed by atoms with Gasteiger partial charge < -0.3 is 4.89 Å². The maximum absolute atomic E-state index is 10.3. The first-order valence-electron chi connectivity index (χ1n) is 2.28. The van der Waals surface area contributed by atoms with Gasteiger partial charge in [0, 0.05) is 0 Å². The zero-order valence-electron chi connectivity index (χ0n) is 5.20. The average molecular weight is 150 g/mol. The Bertz CT molecular complexity index is 130. The Morgan fingerprint density at radius 1 is 1.40 bits per heavy atom. The second-order valence-corrected chi connectivity index (χ2v) is 1.26. The highest BCUT2D eigenvalue weighted by molar-refractivity contribution is 5.90. The fraction of sp³-hybridized carbons (Fsp3) is 0.500. The van der Waals surface area contributed by atoms with E-state index in [1.54, 1.807) is 0 Å². The van der Waals surface area contributed by atoms with Gasteiger partial charge in [-0.25, -0.2) is 9.59 Å². The molecule has 0 aromatic heterocycles. The lowest BCUT2D eigenvalue weighted by Crippen LogP contribution is -2.11. The van der Waals surface area contributed by atoms with E-state index in [2.05, 4.69) is 14.7 Å². The lowest BCUT2D eigenvalue weighted by Gasteiger charge is -1.95. The number of carbonyl (C=O) groups is 2. The molecule has 0 amide bonds. The van der Waals surface area contributed by atoms with Crippen molar-refractivity contribution in [3.8, 4) is 0 Å². The number of hydrogen-bond acceptors (Lipinski definition) is 6. The first kappa shape index (κ1) is 8.86. The molecule has 0 spiro atoms. The zero-order chi connectivity index (χ0) is 7.98. The third-order valence-electron chi connectivity index (χ3n) is 0.567. The van der Waals surface area contributed by atoms with E-state index in [4.69, 9.17) is 5.26 Å². The molecule has 0 saturated heterocycles. The summed E-state index contributed by atoms with van der Waals surface area (Å²) < 4.78 is 0. The minimum atomic E-state index is -1.10. The van der Waals surface area contributed by atoms with Crippen LogP contribution in [0.5, 0.6) is 0 Å². The summed E-state index contributed by atoms with van der Waals surface area (Å²) in [6.45, 7) is 0. The van der Waals surface area contributed by atoms with Gasteiger partial charge in [0.15, 0.2) is 0 Å². The molecule has 6 nitrogen and oxygen atoms in total. The first-order valence-corrected chi connectivity index (χ1v) is 2.28. The third-order valence-corrected chi connectivity index (χ3v) is 0.567. The Labute approximate surface area is 56.2 Å². The number of hydrogen-bond donors (Lipinski definition) is 1. The molecule has 10 heavy (non-hydrogen) atoms. The van der Waals surface area contributed by atoms with Gasteiger partial charge in [-0.1, -0.05) is 0 Å². The monoisotopic (exact) mass is 150 g/mol. The molecule has 0 aromatic carbocycles. The van der Waals surface area contributed by atoms with Gasteiger partial charge in [0.1, 0.15) is 6.42 Å². The van der Waals surface area contributed by atoms with E-state index in [0.29, 0.717) is 0 Å². The van der Waals surface area contributed by atoms with Crippen molar-refractivity contribution in [3.63, 3.8) is 0 Å². The van der Waals surface area contributed by atoms with Crippen molar-refractivity contribution in [2.24, 2.45) is 0 Å². The second kappa shape index (κ2) is 4.71.